The molecular weight excluding hydrogens is 356 g/mol. The van der Waals surface area contributed by atoms with Crippen LogP contribution in [-0.4, -0.2) is 0 Å². The van der Waals surface area contributed by atoms with Crippen molar-refractivity contribution in [2.75, 3.05) is 0 Å². The minimum atomic E-state index is 0.0263. The van der Waals surface area contributed by atoms with E-state index in [1.54, 1.807) is 0 Å². The fourth-order valence-electron chi connectivity index (χ4n) is 4.18. The van der Waals surface area contributed by atoms with E-state index >= 15 is 0 Å². The van der Waals surface area contributed by atoms with Crippen molar-refractivity contribution in [3.05, 3.63) is 69.7 Å². The first-order valence-corrected chi connectivity index (χ1v) is 9.37. The number of fused-ring (bicyclic) bond motifs is 5. The number of benzene rings is 3. The highest BCUT2D eigenvalue weighted by Gasteiger charge is 2.38. The molecule has 4 rings (SSSR count). The Morgan fingerprint density at radius 1 is 0.833 bits per heavy atom. The van der Waals surface area contributed by atoms with Crippen LogP contribution in [0.3, 0.4) is 0 Å². The average molecular weight is 379 g/mol. The molecule has 3 aromatic carbocycles. The summed E-state index contributed by atoms with van der Waals surface area (Å²) >= 11 is 3.66. The van der Waals surface area contributed by atoms with E-state index in [4.69, 9.17) is 0 Å². The van der Waals surface area contributed by atoms with E-state index in [9.17, 15) is 0 Å². The number of hydrogen-bond acceptors (Lipinski definition) is 0. The molecule has 3 aromatic rings. The lowest BCUT2D eigenvalue weighted by molar-refractivity contribution is 0.590. The van der Waals surface area contributed by atoms with Gasteiger partial charge in [-0.05, 0) is 56.1 Å². The zero-order valence-corrected chi connectivity index (χ0v) is 16.6. The Balaban J connectivity index is 2.20. The quantitative estimate of drug-likeness (QED) is 0.387. The fraction of sp³-hybridized carbons (Fsp3) is 0.304. The summed E-state index contributed by atoms with van der Waals surface area (Å²) in [6, 6.07) is 18.1. The predicted molar refractivity (Wildman–Crippen MR) is 108 cm³/mol. The van der Waals surface area contributed by atoms with Crippen molar-refractivity contribution in [2.45, 2.75) is 45.4 Å². The number of halogens is 1. The van der Waals surface area contributed by atoms with E-state index < -0.39 is 0 Å². The van der Waals surface area contributed by atoms with Crippen LogP contribution in [0.2, 0.25) is 0 Å². The summed E-state index contributed by atoms with van der Waals surface area (Å²) in [5.74, 6) is 0. The smallest absolute Gasteiger partial charge is 0.0178 e. The Kier molecular flexibility index (Phi) is 3.28. The molecule has 0 heterocycles. The van der Waals surface area contributed by atoms with Gasteiger partial charge in [-0.1, -0.05) is 86.9 Å². The first-order chi connectivity index (χ1) is 11.2. The molecule has 122 valence electrons. The molecule has 0 N–H and O–H groups in total. The Labute approximate surface area is 153 Å². The Hall–Kier alpha value is -1.60. The van der Waals surface area contributed by atoms with Crippen LogP contribution in [0.4, 0.5) is 0 Å². The molecule has 0 bridgehead atoms. The molecule has 0 fully saturated rings. The summed E-state index contributed by atoms with van der Waals surface area (Å²) in [6.07, 6.45) is 0. The van der Waals surface area contributed by atoms with Crippen LogP contribution < -0.4 is 0 Å². The van der Waals surface area contributed by atoms with Crippen LogP contribution in [0.1, 0.15) is 51.3 Å². The molecule has 0 unspecified atom stereocenters. The topological polar surface area (TPSA) is 0 Å². The predicted octanol–water partition coefficient (Wildman–Crippen LogP) is 7.21. The third kappa shape index (κ3) is 2.10. The summed E-state index contributed by atoms with van der Waals surface area (Å²) in [6.45, 7) is 11.6. The summed E-state index contributed by atoms with van der Waals surface area (Å²) in [4.78, 5) is 0. The highest BCUT2D eigenvalue weighted by atomic mass is 79.9. The normalized spacial score (nSPS) is 15.4. The largest absolute Gasteiger partial charge is 0.0616 e. The second-order valence-electron chi connectivity index (χ2n) is 8.46. The molecule has 1 heteroatoms. The van der Waals surface area contributed by atoms with E-state index in [2.05, 4.69) is 99.1 Å². The zero-order valence-electron chi connectivity index (χ0n) is 15.0. The van der Waals surface area contributed by atoms with Gasteiger partial charge in [-0.25, -0.2) is 0 Å². The molecule has 0 amide bonds. The Morgan fingerprint density at radius 2 is 1.50 bits per heavy atom. The molecule has 0 atom stereocenters. The molecule has 1 aliphatic carbocycles. The van der Waals surface area contributed by atoms with Crippen LogP contribution in [-0.2, 0) is 10.8 Å². The van der Waals surface area contributed by atoms with Crippen molar-refractivity contribution < 1.29 is 0 Å². The molecule has 0 nitrogen and oxygen atoms in total. The van der Waals surface area contributed by atoms with Gasteiger partial charge in [0.15, 0.2) is 0 Å². The SMILES string of the molecule is CC(C)(C)c1cc2c(c3ccccc13)-c1ccc(Br)cc1C2(C)C. The maximum Gasteiger partial charge on any atom is 0.0178 e. The van der Waals surface area contributed by atoms with Crippen LogP contribution in [0.5, 0.6) is 0 Å². The summed E-state index contributed by atoms with van der Waals surface area (Å²) in [5.41, 5.74) is 7.28. The lowest BCUT2D eigenvalue weighted by Gasteiger charge is -2.27. The summed E-state index contributed by atoms with van der Waals surface area (Å²) in [7, 11) is 0. The Bertz CT molecular complexity index is 971. The monoisotopic (exact) mass is 378 g/mol. The summed E-state index contributed by atoms with van der Waals surface area (Å²) in [5, 5.41) is 2.77. The van der Waals surface area contributed by atoms with Gasteiger partial charge in [-0.2, -0.15) is 0 Å². The zero-order chi connectivity index (χ0) is 17.3. The summed E-state index contributed by atoms with van der Waals surface area (Å²) < 4.78 is 1.16. The van der Waals surface area contributed by atoms with Crippen molar-refractivity contribution in [2.24, 2.45) is 0 Å². The van der Waals surface area contributed by atoms with Crippen molar-refractivity contribution in [1.82, 2.24) is 0 Å². The van der Waals surface area contributed by atoms with E-state index in [0.717, 1.165) is 4.47 Å². The molecule has 0 saturated heterocycles. The van der Waals surface area contributed by atoms with Gasteiger partial charge in [0.05, 0.1) is 0 Å². The number of hydrogen-bond donors (Lipinski definition) is 0. The van der Waals surface area contributed by atoms with Crippen LogP contribution in [0, 0.1) is 0 Å². The van der Waals surface area contributed by atoms with Crippen LogP contribution in [0.15, 0.2) is 53.0 Å². The van der Waals surface area contributed by atoms with Gasteiger partial charge < -0.3 is 0 Å². The first kappa shape index (κ1) is 15.9. The van der Waals surface area contributed by atoms with Crippen molar-refractivity contribution in [1.29, 1.82) is 0 Å². The molecule has 1 aliphatic rings. The number of rotatable bonds is 0. The fourth-order valence-corrected chi connectivity index (χ4v) is 4.54. The van der Waals surface area contributed by atoms with Gasteiger partial charge in [-0.3, -0.25) is 0 Å². The van der Waals surface area contributed by atoms with Gasteiger partial charge in [-0.15, -0.1) is 0 Å². The van der Waals surface area contributed by atoms with Crippen molar-refractivity contribution >= 4 is 26.7 Å². The minimum Gasteiger partial charge on any atom is -0.0616 e. The third-order valence-corrected chi connectivity index (χ3v) is 5.94. The average Bonchev–Trinajstić information content (AvgIpc) is 2.74. The lowest BCUT2D eigenvalue weighted by Crippen LogP contribution is -2.18. The second kappa shape index (κ2) is 4.95. The Morgan fingerprint density at radius 3 is 2.17 bits per heavy atom. The molecule has 0 spiro atoms. The maximum absolute atomic E-state index is 3.66. The van der Waals surface area contributed by atoms with Gasteiger partial charge in [0.2, 0.25) is 0 Å². The van der Waals surface area contributed by atoms with Gasteiger partial charge >= 0.3 is 0 Å². The second-order valence-corrected chi connectivity index (χ2v) is 9.37. The van der Waals surface area contributed by atoms with Gasteiger partial charge in [0, 0.05) is 9.89 Å². The van der Waals surface area contributed by atoms with E-state index in [0.29, 0.717) is 0 Å². The molecule has 24 heavy (non-hydrogen) atoms. The molecular formula is C23H23Br. The van der Waals surface area contributed by atoms with Crippen LogP contribution >= 0.6 is 15.9 Å². The van der Waals surface area contributed by atoms with Gasteiger partial charge in [0.1, 0.15) is 0 Å². The van der Waals surface area contributed by atoms with Crippen molar-refractivity contribution in [3.63, 3.8) is 0 Å². The molecule has 0 radical (unpaired) electrons. The van der Waals surface area contributed by atoms with Crippen molar-refractivity contribution in [3.8, 4) is 11.1 Å². The lowest BCUT2D eigenvalue weighted by atomic mass is 9.77. The maximum atomic E-state index is 3.66. The highest BCUT2D eigenvalue weighted by Crippen LogP contribution is 2.53. The third-order valence-electron chi connectivity index (χ3n) is 5.45. The van der Waals surface area contributed by atoms with Crippen LogP contribution in [0.25, 0.3) is 21.9 Å². The van der Waals surface area contributed by atoms with Gasteiger partial charge in [0.25, 0.3) is 0 Å². The molecule has 0 saturated carbocycles. The van der Waals surface area contributed by atoms with E-state index in [1.807, 2.05) is 0 Å². The van der Waals surface area contributed by atoms with E-state index in [-0.39, 0.29) is 10.8 Å². The van der Waals surface area contributed by atoms with E-state index in [1.165, 1.54) is 38.6 Å². The first-order valence-electron chi connectivity index (χ1n) is 8.58. The minimum absolute atomic E-state index is 0.0263. The standard InChI is InChI=1S/C23H23Br/c1-22(2,3)18-13-20-21(16-9-7-6-8-15(16)18)17-11-10-14(24)12-19(17)23(20,4)5/h6-13H,1-5H3. The highest BCUT2D eigenvalue weighted by molar-refractivity contribution is 9.10. The molecule has 0 aliphatic heterocycles. The molecule has 0 aromatic heterocycles.